The van der Waals surface area contributed by atoms with Gasteiger partial charge in [0, 0.05) is 25.6 Å². The molecule has 3 fully saturated rings. The van der Waals surface area contributed by atoms with Gasteiger partial charge in [-0.05, 0) is 39.4 Å². The van der Waals surface area contributed by atoms with Gasteiger partial charge in [-0.15, -0.1) is 0 Å². The van der Waals surface area contributed by atoms with E-state index in [4.69, 9.17) is 9.47 Å². The molecule has 3 heterocycles. The Balaban J connectivity index is 1.39. The second-order valence-corrected chi connectivity index (χ2v) is 7.70. The van der Waals surface area contributed by atoms with E-state index in [1.54, 1.807) is 0 Å². The van der Waals surface area contributed by atoms with Crippen LogP contribution in [0.1, 0.15) is 39.0 Å². The van der Waals surface area contributed by atoms with Gasteiger partial charge >= 0.3 is 0 Å². The van der Waals surface area contributed by atoms with E-state index in [0.29, 0.717) is 32.0 Å². The lowest BCUT2D eigenvalue weighted by atomic mass is 10.0. The van der Waals surface area contributed by atoms with Crippen LogP contribution in [-0.2, 0) is 14.3 Å². The molecule has 5 atom stereocenters. The predicted octanol–water partition coefficient (Wildman–Crippen LogP) is -0.128. The minimum Gasteiger partial charge on any atom is -0.388 e. The van der Waals surface area contributed by atoms with Gasteiger partial charge < -0.3 is 30.1 Å². The zero-order valence-electron chi connectivity index (χ0n) is 15.4. The van der Waals surface area contributed by atoms with Crippen LogP contribution in [0.25, 0.3) is 0 Å². The van der Waals surface area contributed by atoms with Gasteiger partial charge in [0.1, 0.15) is 12.2 Å². The Morgan fingerprint density at radius 1 is 1.28 bits per heavy atom. The summed E-state index contributed by atoms with van der Waals surface area (Å²) in [6.07, 6.45) is 2.86. The molecule has 0 aromatic rings. The average Bonchev–Trinajstić information content (AvgIpc) is 3.11. The lowest BCUT2D eigenvalue weighted by molar-refractivity contribution is -0.124. The zero-order valence-corrected chi connectivity index (χ0v) is 15.4. The summed E-state index contributed by atoms with van der Waals surface area (Å²) in [4.78, 5) is 14.2. The first-order valence-corrected chi connectivity index (χ1v) is 9.74. The molecule has 0 aromatic carbocycles. The van der Waals surface area contributed by atoms with Crippen molar-refractivity contribution in [2.75, 3.05) is 33.2 Å². The Morgan fingerprint density at radius 3 is 2.72 bits per heavy atom. The molecule has 3 aliphatic rings. The standard InChI is InChI=1S/C18H33N3O4/c1-3-6-19-16(22)10-13-9-14-18(24-13)17(23)15(25-14)11-20-12-4-7-21(2)8-5-12/h12-15,17-18,20,23H,3-11H2,1-2H3,(H,19,22)/t13-,14+,15+,17+,18-/m0/s1. The summed E-state index contributed by atoms with van der Waals surface area (Å²) in [7, 11) is 2.15. The molecular weight excluding hydrogens is 322 g/mol. The van der Waals surface area contributed by atoms with Gasteiger partial charge in [0.05, 0.1) is 24.7 Å². The van der Waals surface area contributed by atoms with E-state index >= 15 is 0 Å². The molecule has 0 bridgehead atoms. The van der Waals surface area contributed by atoms with Crippen LogP contribution in [0.3, 0.4) is 0 Å². The predicted molar refractivity (Wildman–Crippen MR) is 94.4 cm³/mol. The molecule has 25 heavy (non-hydrogen) atoms. The minimum atomic E-state index is -0.618. The van der Waals surface area contributed by atoms with Crippen LogP contribution >= 0.6 is 0 Å². The molecule has 0 saturated carbocycles. The molecule has 0 unspecified atom stereocenters. The second-order valence-electron chi connectivity index (χ2n) is 7.70. The number of carbonyl (C=O) groups excluding carboxylic acids is 1. The summed E-state index contributed by atoms with van der Waals surface area (Å²) in [6, 6.07) is 0.503. The lowest BCUT2D eigenvalue weighted by Crippen LogP contribution is -2.46. The zero-order chi connectivity index (χ0) is 17.8. The van der Waals surface area contributed by atoms with Gasteiger partial charge in [0.15, 0.2) is 0 Å². The number of fused-ring (bicyclic) bond motifs is 1. The first-order valence-electron chi connectivity index (χ1n) is 9.74. The van der Waals surface area contributed by atoms with E-state index < -0.39 is 6.10 Å². The van der Waals surface area contributed by atoms with Crippen molar-refractivity contribution in [2.45, 2.75) is 75.6 Å². The fraction of sp³-hybridized carbons (Fsp3) is 0.944. The Kier molecular flexibility index (Phi) is 6.68. The summed E-state index contributed by atoms with van der Waals surface area (Å²) >= 11 is 0. The number of carbonyl (C=O) groups is 1. The molecule has 144 valence electrons. The topological polar surface area (TPSA) is 83.1 Å². The van der Waals surface area contributed by atoms with Crippen LogP contribution in [-0.4, -0.2) is 85.7 Å². The summed E-state index contributed by atoms with van der Waals surface area (Å²) in [5, 5.41) is 16.9. The first-order chi connectivity index (χ1) is 12.1. The van der Waals surface area contributed by atoms with Crippen molar-refractivity contribution in [2.24, 2.45) is 0 Å². The number of amides is 1. The van der Waals surface area contributed by atoms with Gasteiger partial charge in [0.2, 0.25) is 5.91 Å². The number of piperidine rings is 1. The van der Waals surface area contributed by atoms with Crippen molar-refractivity contribution in [3.8, 4) is 0 Å². The third-order valence-electron chi connectivity index (χ3n) is 5.59. The molecule has 0 aromatic heterocycles. The molecule has 7 heteroatoms. The van der Waals surface area contributed by atoms with E-state index in [9.17, 15) is 9.90 Å². The summed E-state index contributed by atoms with van der Waals surface area (Å²) in [5.41, 5.74) is 0. The number of hydrogen-bond donors (Lipinski definition) is 3. The summed E-state index contributed by atoms with van der Waals surface area (Å²) in [6.45, 7) is 5.61. The Morgan fingerprint density at radius 2 is 2.04 bits per heavy atom. The highest BCUT2D eigenvalue weighted by Crippen LogP contribution is 2.35. The largest absolute Gasteiger partial charge is 0.388 e. The van der Waals surface area contributed by atoms with E-state index in [-0.39, 0.29) is 30.3 Å². The van der Waals surface area contributed by atoms with Gasteiger partial charge in [-0.3, -0.25) is 4.79 Å². The highest BCUT2D eigenvalue weighted by Gasteiger charge is 2.50. The van der Waals surface area contributed by atoms with Crippen LogP contribution in [0.15, 0.2) is 0 Å². The van der Waals surface area contributed by atoms with Crippen molar-refractivity contribution in [3.05, 3.63) is 0 Å². The average molecular weight is 355 g/mol. The number of hydrogen-bond acceptors (Lipinski definition) is 6. The lowest BCUT2D eigenvalue weighted by Gasteiger charge is -2.30. The molecule has 3 N–H and O–H groups in total. The number of ether oxygens (including phenoxy) is 2. The number of nitrogens with one attached hydrogen (secondary N) is 2. The summed E-state index contributed by atoms with van der Waals surface area (Å²) < 4.78 is 11.9. The van der Waals surface area contributed by atoms with Crippen LogP contribution in [0.4, 0.5) is 0 Å². The van der Waals surface area contributed by atoms with Crippen molar-refractivity contribution < 1.29 is 19.4 Å². The second kappa shape index (κ2) is 8.77. The van der Waals surface area contributed by atoms with Crippen LogP contribution in [0.2, 0.25) is 0 Å². The molecule has 3 saturated heterocycles. The molecule has 0 spiro atoms. The number of rotatable bonds is 7. The maximum atomic E-state index is 11.8. The number of likely N-dealkylation sites (tertiary alicyclic amines) is 1. The van der Waals surface area contributed by atoms with Crippen molar-refractivity contribution in [1.82, 2.24) is 15.5 Å². The van der Waals surface area contributed by atoms with E-state index in [1.807, 2.05) is 6.92 Å². The van der Waals surface area contributed by atoms with E-state index in [1.165, 1.54) is 0 Å². The normalized spacial score (nSPS) is 36.5. The highest BCUT2D eigenvalue weighted by molar-refractivity contribution is 5.76. The number of aliphatic hydroxyl groups is 1. The van der Waals surface area contributed by atoms with Crippen LogP contribution < -0.4 is 10.6 Å². The number of nitrogens with zero attached hydrogens (tertiary/aromatic N) is 1. The van der Waals surface area contributed by atoms with Crippen molar-refractivity contribution in [1.29, 1.82) is 0 Å². The van der Waals surface area contributed by atoms with Crippen LogP contribution in [0, 0.1) is 0 Å². The first kappa shape index (κ1) is 19.0. The van der Waals surface area contributed by atoms with Crippen LogP contribution in [0.5, 0.6) is 0 Å². The molecule has 1 amide bonds. The Hall–Kier alpha value is -0.730. The third kappa shape index (κ3) is 4.92. The van der Waals surface area contributed by atoms with E-state index in [0.717, 1.165) is 32.4 Å². The molecule has 3 rings (SSSR count). The Labute approximate surface area is 150 Å². The molecule has 7 nitrogen and oxygen atoms in total. The molecule has 0 radical (unpaired) electrons. The molecule has 3 aliphatic heterocycles. The minimum absolute atomic E-state index is 0.0156. The third-order valence-corrected chi connectivity index (χ3v) is 5.59. The number of aliphatic hydroxyl groups excluding tert-OH is 1. The smallest absolute Gasteiger partial charge is 0.222 e. The van der Waals surface area contributed by atoms with Gasteiger partial charge in [-0.2, -0.15) is 0 Å². The maximum absolute atomic E-state index is 11.8. The van der Waals surface area contributed by atoms with Crippen molar-refractivity contribution in [3.63, 3.8) is 0 Å². The molecule has 0 aliphatic carbocycles. The van der Waals surface area contributed by atoms with Gasteiger partial charge in [-0.25, -0.2) is 0 Å². The fourth-order valence-electron chi connectivity index (χ4n) is 4.05. The van der Waals surface area contributed by atoms with E-state index in [2.05, 4.69) is 22.6 Å². The van der Waals surface area contributed by atoms with Gasteiger partial charge in [-0.1, -0.05) is 6.92 Å². The quantitative estimate of drug-likeness (QED) is 0.590. The van der Waals surface area contributed by atoms with Crippen molar-refractivity contribution >= 4 is 5.91 Å². The monoisotopic (exact) mass is 355 g/mol. The maximum Gasteiger partial charge on any atom is 0.222 e. The fourth-order valence-corrected chi connectivity index (χ4v) is 4.05. The SMILES string of the molecule is CCCNC(=O)C[C@@H]1C[C@H]2O[C@H](CNC3CCN(C)CC3)[C@@H](O)[C@H]2O1. The summed E-state index contributed by atoms with van der Waals surface area (Å²) in [5.74, 6) is 0.0156. The highest BCUT2D eigenvalue weighted by atomic mass is 16.6. The van der Waals surface area contributed by atoms with Gasteiger partial charge in [0.25, 0.3) is 0 Å². The Bertz CT molecular complexity index is 442. The molecular formula is C18H33N3O4.